The number of nitrogens with zero attached hydrogens (tertiary/aromatic N) is 1. The van der Waals surface area contributed by atoms with Crippen molar-refractivity contribution in [2.75, 3.05) is 32.4 Å². The molecule has 1 aromatic heterocycles. The van der Waals surface area contributed by atoms with Gasteiger partial charge in [-0.3, -0.25) is 4.79 Å². The van der Waals surface area contributed by atoms with E-state index < -0.39 is 0 Å². The Bertz CT molecular complexity index is 649. The molecule has 4 N–H and O–H groups in total. The first-order chi connectivity index (χ1) is 10.1. The van der Waals surface area contributed by atoms with Gasteiger partial charge < -0.3 is 20.9 Å². The number of likely N-dealkylation sites (tertiary alicyclic amines) is 1. The van der Waals surface area contributed by atoms with Crippen LogP contribution >= 0.6 is 0 Å². The molecule has 21 heavy (non-hydrogen) atoms. The van der Waals surface area contributed by atoms with Crippen molar-refractivity contribution >= 4 is 22.5 Å². The number of carbonyl (C=O) groups is 1. The molecule has 5 heteroatoms. The van der Waals surface area contributed by atoms with Crippen molar-refractivity contribution in [1.82, 2.24) is 15.2 Å². The molecule has 1 aliphatic rings. The van der Waals surface area contributed by atoms with Gasteiger partial charge in [-0.1, -0.05) is 0 Å². The number of H-pyrrole nitrogens is 1. The van der Waals surface area contributed by atoms with Crippen LogP contribution in [0.3, 0.4) is 0 Å². The zero-order chi connectivity index (χ0) is 14.8. The number of aromatic nitrogens is 1. The maximum absolute atomic E-state index is 12.4. The van der Waals surface area contributed by atoms with Crippen LogP contribution in [0, 0.1) is 5.92 Å². The number of aromatic amines is 1. The van der Waals surface area contributed by atoms with E-state index in [0.29, 0.717) is 17.2 Å². The highest BCUT2D eigenvalue weighted by molar-refractivity contribution is 6.07. The molecule has 0 aliphatic carbocycles. The van der Waals surface area contributed by atoms with Crippen LogP contribution in [0.15, 0.2) is 24.4 Å². The Morgan fingerprint density at radius 3 is 3.19 bits per heavy atom. The van der Waals surface area contributed by atoms with E-state index in [9.17, 15) is 4.79 Å². The zero-order valence-electron chi connectivity index (χ0n) is 12.4. The third-order valence-corrected chi connectivity index (χ3v) is 4.22. The fourth-order valence-electron chi connectivity index (χ4n) is 3.10. The normalized spacial score (nSPS) is 19.8. The maximum Gasteiger partial charge on any atom is 0.253 e. The quantitative estimate of drug-likeness (QED) is 0.754. The summed E-state index contributed by atoms with van der Waals surface area (Å²) in [5, 5.41) is 3.98. The first-order valence-electron chi connectivity index (χ1n) is 7.47. The van der Waals surface area contributed by atoms with Crippen LogP contribution in [0.2, 0.25) is 0 Å². The number of nitrogen functional groups attached to an aromatic ring is 1. The second-order valence-electron chi connectivity index (χ2n) is 5.99. The van der Waals surface area contributed by atoms with Gasteiger partial charge in [0.25, 0.3) is 5.91 Å². The maximum atomic E-state index is 12.4. The van der Waals surface area contributed by atoms with Crippen molar-refractivity contribution in [1.29, 1.82) is 0 Å². The minimum Gasteiger partial charge on any atom is -0.399 e. The number of piperidine rings is 1. The first kappa shape index (κ1) is 13.9. The molecule has 5 nitrogen and oxygen atoms in total. The molecule has 1 aromatic carbocycles. The molecule has 1 unspecified atom stereocenters. The van der Waals surface area contributed by atoms with Gasteiger partial charge in [0.15, 0.2) is 0 Å². The van der Waals surface area contributed by atoms with Gasteiger partial charge in [0, 0.05) is 35.9 Å². The molecule has 1 fully saturated rings. The monoisotopic (exact) mass is 286 g/mol. The van der Waals surface area contributed by atoms with Crippen molar-refractivity contribution in [2.45, 2.75) is 12.8 Å². The number of rotatable bonds is 3. The van der Waals surface area contributed by atoms with Crippen LogP contribution in [-0.4, -0.2) is 42.5 Å². The number of amides is 1. The topological polar surface area (TPSA) is 74.2 Å². The van der Waals surface area contributed by atoms with E-state index >= 15 is 0 Å². The van der Waals surface area contributed by atoms with Gasteiger partial charge in [-0.2, -0.15) is 0 Å². The average Bonchev–Trinajstić information content (AvgIpc) is 2.88. The lowest BCUT2D eigenvalue weighted by molar-refractivity contribution is 0.0938. The molecule has 0 spiro atoms. The molecule has 0 bridgehead atoms. The number of benzene rings is 1. The van der Waals surface area contributed by atoms with Gasteiger partial charge in [0.2, 0.25) is 0 Å². The molecule has 0 saturated carbocycles. The van der Waals surface area contributed by atoms with Crippen LogP contribution in [0.4, 0.5) is 5.69 Å². The van der Waals surface area contributed by atoms with Crippen molar-refractivity contribution in [3.05, 3.63) is 30.0 Å². The standard InChI is InChI=1S/C16H22N4O/c1-20-6-2-3-11(10-20)8-19-16(21)14-9-18-15-7-12(17)4-5-13(14)15/h4-5,7,9,11,18H,2-3,6,8,10,17H2,1H3,(H,19,21). The SMILES string of the molecule is CN1CCCC(CNC(=O)c2c[nH]c3cc(N)ccc23)C1. The summed E-state index contributed by atoms with van der Waals surface area (Å²) in [6.07, 6.45) is 4.16. The molecule has 2 heterocycles. The molecule has 1 aliphatic heterocycles. The van der Waals surface area contributed by atoms with Crippen LogP contribution in [0.25, 0.3) is 10.9 Å². The number of nitrogens with one attached hydrogen (secondary N) is 2. The number of carbonyl (C=O) groups excluding carboxylic acids is 1. The van der Waals surface area contributed by atoms with Crippen molar-refractivity contribution in [3.63, 3.8) is 0 Å². The molecular formula is C16H22N4O. The van der Waals surface area contributed by atoms with Gasteiger partial charge in [0.1, 0.15) is 0 Å². The lowest BCUT2D eigenvalue weighted by Crippen LogP contribution is -2.39. The highest BCUT2D eigenvalue weighted by Gasteiger charge is 2.19. The Morgan fingerprint density at radius 2 is 2.38 bits per heavy atom. The van der Waals surface area contributed by atoms with E-state index in [0.717, 1.165) is 30.5 Å². The van der Waals surface area contributed by atoms with Gasteiger partial charge in [0.05, 0.1) is 5.56 Å². The van der Waals surface area contributed by atoms with E-state index in [4.69, 9.17) is 5.73 Å². The second-order valence-corrected chi connectivity index (χ2v) is 5.99. The number of hydrogen-bond acceptors (Lipinski definition) is 3. The Morgan fingerprint density at radius 1 is 1.52 bits per heavy atom. The number of anilines is 1. The van der Waals surface area contributed by atoms with Gasteiger partial charge in [-0.15, -0.1) is 0 Å². The van der Waals surface area contributed by atoms with E-state index in [2.05, 4.69) is 22.2 Å². The lowest BCUT2D eigenvalue weighted by Gasteiger charge is -2.29. The summed E-state index contributed by atoms with van der Waals surface area (Å²) in [6.45, 7) is 2.96. The van der Waals surface area contributed by atoms with E-state index in [-0.39, 0.29) is 5.91 Å². The predicted molar refractivity (Wildman–Crippen MR) is 85.3 cm³/mol. The van der Waals surface area contributed by atoms with Gasteiger partial charge in [-0.05, 0) is 50.6 Å². The number of nitrogens with two attached hydrogens (primary N) is 1. The highest BCUT2D eigenvalue weighted by Crippen LogP contribution is 2.21. The molecule has 1 amide bonds. The Balaban J connectivity index is 1.67. The first-order valence-corrected chi connectivity index (χ1v) is 7.47. The highest BCUT2D eigenvalue weighted by atomic mass is 16.1. The molecule has 1 saturated heterocycles. The average molecular weight is 286 g/mol. The Kier molecular flexibility index (Phi) is 3.84. The summed E-state index contributed by atoms with van der Waals surface area (Å²) < 4.78 is 0. The molecule has 1 atom stereocenters. The smallest absolute Gasteiger partial charge is 0.253 e. The van der Waals surface area contributed by atoms with Crippen LogP contribution in [0.5, 0.6) is 0 Å². The molecular weight excluding hydrogens is 264 g/mol. The van der Waals surface area contributed by atoms with Gasteiger partial charge in [-0.25, -0.2) is 0 Å². The predicted octanol–water partition coefficient (Wildman–Crippen LogP) is 1.82. The third-order valence-electron chi connectivity index (χ3n) is 4.22. The summed E-state index contributed by atoms with van der Waals surface area (Å²) in [7, 11) is 2.14. The largest absolute Gasteiger partial charge is 0.399 e. The van der Waals surface area contributed by atoms with Crippen molar-refractivity contribution in [3.8, 4) is 0 Å². The fourth-order valence-corrected chi connectivity index (χ4v) is 3.10. The van der Waals surface area contributed by atoms with Crippen molar-refractivity contribution in [2.24, 2.45) is 5.92 Å². The van der Waals surface area contributed by atoms with E-state index in [1.54, 1.807) is 6.20 Å². The molecule has 0 radical (unpaired) electrons. The zero-order valence-corrected chi connectivity index (χ0v) is 12.4. The molecule has 3 rings (SSSR count). The van der Waals surface area contributed by atoms with E-state index in [1.165, 1.54) is 12.8 Å². The number of hydrogen-bond donors (Lipinski definition) is 3. The summed E-state index contributed by atoms with van der Waals surface area (Å²) >= 11 is 0. The summed E-state index contributed by atoms with van der Waals surface area (Å²) in [5.41, 5.74) is 8.04. The summed E-state index contributed by atoms with van der Waals surface area (Å²) in [5.74, 6) is 0.535. The molecule has 112 valence electrons. The summed E-state index contributed by atoms with van der Waals surface area (Å²) in [4.78, 5) is 17.8. The Labute approximate surface area is 124 Å². The second kappa shape index (κ2) is 5.77. The molecule has 2 aromatic rings. The summed E-state index contributed by atoms with van der Waals surface area (Å²) in [6, 6.07) is 5.57. The minimum absolute atomic E-state index is 0.0146. The van der Waals surface area contributed by atoms with Gasteiger partial charge >= 0.3 is 0 Å². The minimum atomic E-state index is -0.0146. The van der Waals surface area contributed by atoms with Crippen molar-refractivity contribution < 1.29 is 4.79 Å². The van der Waals surface area contributed by atoms with E-state index in [1.807, 2.05) is 18.2 Å². The Hall–Kier alpha value is -2.01. The van der Waals surface area contributed by atoms with Crippen LogP contribution in [0.1, 0.15) is 23.2 Å². The van der Waals surface area contributed by atoms with Crippen LogP contribution < -0.4 is 11.1 Å². The fraction of sp³-hybridized carbons (Fsp3) is 0.438. The third kappa shape index (κ3) is 3.03. The lowest BCUT2D eigenvalue weighted by atomic mass is 9.98. The number of fused-ring (bicyclic) bond motifs is 1. The van der Waals surface area contributed by atoms with Crippen LogP contribution in [-0.2, 0) is 0 Å².